The SMILES string of the molecule is Cc1noc(C)c1Cc1nc(C(C)C)c(C(=O)O)s1. The van der Waals surface area contributed by atoms with Crippen molar-refractivity contribution in [3.05, 3.63) is 32.6 Å². The zero-order chi connectivity index (χ0) is 14.2. The molecule has 2 aromatic rings. The number of hydrogen-bond donors (Lipinski definition) is 1. The molecule has 0 atom stereocenters. The lowest BCUT2D eigenvalue weighted by Crippen LogP contribution is -2.00. The number of aromatic nitrogens is 2. The highest BCUT2D eigenvalue weighted by Gasteiger charge is 2.21. The molecule has 0 spiro atoms. The van der Waals surface area contributed by atoms with Crippen molar-refractivity contribution in [2.75, 3.05) is 0 Å². The van der Waals surface area contributed by atoms with Crippen LogP contribution in [0.3, 0.4) is 0 Å². The molecule has 0 saturated carbocycles. The monoisotopic (exact) mass is 280 g/mol. The molecule has 0 fully saturated rings. The van der Waals surface area contributed by atoms with Gasteiger partial charge in [-0.3, -0.25) is 0 Å². The first kappa shape index (κ1) is 13.7. The van der Waals surface area contributed by atoms with E-state index in [2.05, 4.69) is 10.1 Å². The molecule has 0 unspecified atom stereocenters. The van der Waals surface area contributed by atoms with Crippen LogP contribution >= 0.6 is 11.3 Å². The van der Waals surface area contributed by atoms with Crippen molar-refractivity contribution >= 4 is 17.3 Å². The molecular formula is C13H16N2O3S. The van der Waals surface area contributed by atoms with E-state index in [9.17, 15) is 9.90 Å². The van der Waals surface area contributed by atoms with Crippen molar-refractivity contribution in [1.29, 1.82) is 0 Å². The average molecular weight is 280 g/mol. The molecule has 2 rings (SSSR count). The van der Waals surface area contributed by atoms with Gasteiger partial charge in [0.2, 0.25) is 0 Å². The van der Waals surface area contributed by atoms with Gasteiger partial charge >= 0.3 is 5.97 Å². The predicted octanol–water partition coefficient (Wildman–Crippen LogP) is 3.16. The summed E-state index contributed by atoms with van der Waals surface area (Å²) < 4.78 is 5.11. The van der Waals surface area contributed by atoms with Gasteiger partial charge in [0.1, 0.15) is 10.6 Å². The van der Waals surface area contributed by atoms with E-state index in [0.29, 0.717) is 17.0 Å². The lowest BCUT2D eigenvalue weighted by atomic mass is 10.1. The van der Waals surface area contributed by atoms with Gasteiger partial charge in [-0.2, -0.15) is 0 Å². The van der Waals surface area contributed by atoms with Gasteiger partial charge in [0.25, 0.3) is 0 Å². The van der Waals surface area contributed by atoms with Crippen LogP contribution in [0.5, 0.6) is 0 Å². The highest BCUT2D eigenvalue weighted by molar-refractivity contribution is 7.13. The number of hydrogen-bond acceptors (Lipinski definition) is 5. The van der Waals surface area contributed by atoms with E-state index in [0.717, 1.165) is 22.0 Å². The smallest absolute Gasteiger partial charge is 0.347 e. The topological polar surface area (TPSA) is 76.2 Å². The normalized spacial score (nSPS) is 11.2. The van der Waals surface area contributed by atoms with Crippen molar-refractivity contribution in [2.24, 2.45) is 0 Å². The fourth-order valence-corrected chi connectivity index (χ4v) is 2.97. The summed E-state index contributed by atoms with van der Waals surface area (Å²) in [7, 11) is 0. The van der Waals surface area contributed by atoms with E-state index in [-0.39, 0.29) is 5.92 Å². The first-order chi connectivity index (χ1) is 8.90. The summed E-state index contributed by atoms with van der Waals surface area (Å²) in [5.41, 5.74) is 2.47. The largest absolute Gasteiger partial charge is 0.477 e. The highest BCUT2D eigenvalue weighted by atomic mass is 32.1. The fraction of sp³-hybridized carbons (Fsp3) is 0.462. The molecule has 0 saturated heterocycles. The van der Waals surface area contributed by atoms with Crippen LogP contribution in [-0.4, -0.2) is 21.2 Å². The zero-order valence-corrected chi connectivity index (χ0v) is 12.2. The number of rotatable bonds is 4. The number of nitrogens with zero attached hydrogens (tertiary/aromatic N) is 2. The minimum Gasteiger partial charge on any atom is -0.477 e. The second-order valence-corrected chi connectivity index (χ2v) is 5.84. The second kappa shape index (κ2) is 5.13. The summed E-state index contributed by atoms with van der Waals surface area (Å²) in [6.45, 7) is 7.62. The van der Waals surface area contributed by atoms with Crippen molar-refractivity contribution in [1.82, 2.24) is 10.1 Å². The van der Waals surface area contributed by atoms with Crippen LogP contribution in [0.1, 0.15) is 57.2 Å². The standard InChI is InChI=1S/C13H16N2O3S/c1-6(2)11-12(13(16)17)19-10(14-11)5-9-7(3)15-18-8(9)4/h6H,5H2,1-4H3,(H,16,17). The maximum Gasteiger partial charge on any atom is 0.347 e. The first-order valence-corrected chi connectivity index (χ1v) is 6.86. The molecule has 0 amide bonds. The van der Waals surface area contributed by atoms with E-state index in [4.69, 9.17) is 4.52 Å². The Bertz CT molecular complexity index is 594. The zero-order valence-electron chi connectivity index (χ0n) is 11.4. The summed E-state index contributed by atoms with van der Waals surface area (Å²) in [5.74, 6) is -0.0531. The Balaban J connectivity index is 2.37. The van der Waals surface area contributed by atoms with Crippen molar-refractivity contribution in [2.45, 2.75) is 40.0 Å². The van der Waals surface area contributed by atoms with Gasteiger partial charge in [-0.1, -0.05) is 19.0 Å². The van der Waals surface area contributed by atoms with Gasteiger partial charge in [-0.15, -0.1) is 11.3 Å². The van der Waals surface area contributed by atoms with Crippen LogP contribution < -0.4 is 0 Å². The number of thiazole rings is 1. The third kappa shape index (κ3) is 2.68. The molecule has 1 N–H and O–H groups in total. The van der Waals surface area contributed by atoms with Crippen LogP contribution in [0.15, 0.2) is 4.52 Å². The predicted molar refractivity (Wildman–Crippen MR) is 71.9 cm³/mol. The van der Waals surface area contributed by atoms with Crippen molar-refractivity contribution in [3.63, 3.8) is 0 Å². The van der Waals surface area contributed by atoms with Gasteiger partial charge in [0, 0.05) is 12.0 Å². The van der Waals surface area contributed by atoms with E-state index in [1.807, 2.05) is 27.7 Å². The van der Waals surface area contributed by atoms with E-state index in [1.54, 1.807) is 0 Å². The quantitative estimate of drug-likeness (QED) is 0.931. The highest BCUT2D eigenvalue weighted by Crippen LogP contribution is 2.28. The number of carbonyl (C=O) groups is 1. The summed E-state index contributed by atoms with van der Waals surface area (Å²) in [6.07, 6.45) is 0.568. The summed E-state index contributed by atoms with van der Waals surface area (Å²) in [5, 5.41) is 13.9. The van der Waals surface area contributed by atoms with Gasteiger partial charge in [-0.25, -0.2) is 9.78 Å². The van der Waals surface area contributed by atoms with E-state index in [1.165, 1.54) is 11.3 Å². The number of carboxylic acid groups (broad SMARTS) is 1. The molecule has 0 aromatic carbocycles. The average Bonchev–Trinajstić information content (AvgIpc) is 2.88. The molecule has 6 heteroatoms. The minimum atomic E-state index is -0.911. The van der Waals surface area contributed by atoms with E-state index < -0.39 is 5.97 Å². The Morgan fingerprint density at radius 1 is 1.42 bits per heavy atom. The van der Waals surface area contributed by atoms with Crippen LogP contribution in [0, 0.1) is 13.8 Å². The molecule has 2 aromatic heterocycles. The molecular weight excluding hydrogens is 264 g/mol. The number of aryl methyl sites for hydroxylation is 2. The Morgan fingerprint density at radius 2 is 2.11 bits per heavy atom. The molecule has 5 nitrogen and oxygen atoms in total. The lowest BCUT2D eigenvalue weighted by molar-refractivity contribution is 0.0700. The first-order valence-electron chi connectivity index (χ1n) is 6.04. The molecule has 2 heterocycles. The van der Waals surface area contributed by atoms with Gasteiger partial charge in [0.15, 0.2) is 0 Å². The Kier molecular flexibility index (Phi) is 3.71. The summed E-state index contributed by atoms with van der Waals surface area (Å²) >= 11 is 1.23. The van der Waals surface area contributed by atoms with Gasteiger partial charge < -0.3 is 9.63 Å². The maximum absolute atomic E-state index is 11.2. The summed E-state index contributed by atoms with van der Waals surface area (Å²) in [4.78, 5) is 16.0. The lowest BCUT2D eigenvalue weighted by Gasteiger charge is -2.00. The van der Waals surface area contributed by atoms with Crippen LogP contribution in [0.4, 0.5) is 0 Å². The Labute approximate surface area is 115 Å². The van der Waals surface area contributed by atoms with Crippen LogP contribution in [0.2, 0.25) is 0 Å². The molecule has 0 aliphatic heterocycles. The van der Waals surface area contributed by atoms with Crippen molar-refractivity contribution in [3.8, 4) is 0 Å². The van der Waals surface area contributed by atoms with Gasteiger partial charge in [-0.05, 0) is 19.8 Å². The third-order valence-electron chi connectivity index (χ3n) is 2.95. The van der Waals surface area contributed by atoms with Crippen LogP contribution in [0.25, 0.3) is 0 Å². The van der Waals surface area contributed by atoms with E-state index >= 15 is 0 Å². The van der Waals surface area contributed by atoms with Crippen molar-refractivity contribution < 1.29 is 14.4 Å². The van der Waals surface area contributed by atoms with Gasteiger partial charge in [0.05, 0.1) is 16.4 Å². The second-order valence-electron chi connectivity index (χ2n) is 4.76. The number of aromatic carboxylic acids is 1. The molecule has 0 aliphatic rings. The Hall–Kier alpha value is -1.69. The molecule has 102 valence electrons. The molecule has 0 aliphatic carbocycles. The Morgan fingerprint density at radius 3 is 2.53 bits per heavy atom. The molecule has 19 heavy (non-hydrogen) atoms. The maximum atomic E-state index is 11.2. The number of carboxylic acids is 1. The summed E-state index contributed by atoms with van der Waals surface area (Å²) in [6, 6.07) is 0. The minimum absolute atomic E-state index is 0.0979. The van der Waals surface area contributed by atoms with Crippen LogP contribution in [-0.2, 0) is 6.42 Å². The fourth-order valence-electron chi connectivity index (χ4n) is 1.90. The third-order valence-corrected chi connectivity index (χ3v) is 4.01. The molecule has 0 radical (unpaired) electrons. The molecule has 0 bridgehead atoms.